The van der Waals surface area contributed by atoms with E-state index in [4.69, 9.17) is 9.47 Å². The summed E-state index contributed by atoms with van der Waals surface area (Å²) in [4.78, 5) is 15.1. The van der Waals surface area contributed by atoms with Crippen molar-refractivity contribution in [1.82, 2.24) is 4.98 Å². The van der Waals surface area contributed by atoms with Crippen molar-refractivity contribution in [2.24, 2.45) is 0 Å². The Labute approximate surface area is 127 Å². The molecule has 0 N–H and O–H groups in total. The first-order valence-corrected chi connectivity index (χ1v) is 6.97. The first-order valence-electron chi connectivity index (χ1n) is 5.84. The molecule has 0 aliphatic rings. The summed E-state index contributed by atoms with van der Waals surface area (Å²) in [5.41, 5.74) is 0.465. The van der Waals surface area contributed by atoms with Gasteiger partial charge < -0.3 is 14.2 Å². The average molecular weight is 372 g/mol. The summed E-state index contributed by atoms with van der Waals surface area (Å²) in [6.07, 6.45) is -5.02. The number of nitrogens with zero attached hydrogens (tertiary/aromatic N) is 1. The quantitative estimate of drug-likeness (QED) is 0.568. The van der Waals surface area contributed by atoms with Crippen molar-refractivity contribution < 1.29 is 32.2 Å². The van der Waals surface area contributed by atoms with Crippen LogP contribution in [0.15, 0.2) is 6.07 Å². The van der Waals surface area contributed by atoms with Gasteiger partial charge in [0.2, 0.25) is 11.8 Å². The SMILES string of the molecule is CCOC(=O)Cc1cc(CBr)c(OC(F)(F)F)nc1OC. The van der Waals surface area contributed by atoms with E-state index < -0.39 is 18.2 Å². The second-order valence-electron chi connectivity index (χ2n) is 3.78. The van der Waals surface area contributed by atoms with Gasteiger partial charge >= 0.3 is 12.3 Å². The van der Waals surface area contributed by atoms with Crippen LogP contribution in [0.3, 0.4) is 0 Å². The predicted octanol–water partition coefficient (Wildman–Crippen LogP) is 2.99. The lowest BCUT2D eigenvalue weighted by molar-refractivity contribution is -0.276. The van der Waals surface area contributed by atoms with Crippen LogP contribution in [-0.2, 0) is 21.3 Å². The van der Waals surface area contributed by atoms with Crippen molar-refractivity contribution in [3.8, 4) is 11.8 Å². The zero-order valence-electron chi connectivity index (χ0n) is 11.3. The Morgan fingerprint density at radius 3 is 2.48 bits per heavy atom. The first-order chi connectivity index (χ1) is 9.80. The van der Waals surface area contributed by atoms with Gasteiger partial charge in [0.1, 0.15) is 0 Å². The van der Waals surface area contributed by atoms with Crippen LogP contribution in [0.4, 0.5) is 13.2 Å². The number of carbonyl (C=O) groups excluding carboxylic acids is 1. The van der Waals surface area contributed by atoms with Gasteiger partial charge in [0.25, 0.3) is 0 Å². The summed E-state index contributed by atoms with van der Waals surface area (Å²) in [5, 5.41) is 0.0746. The fourth-order valence-corrected chi connectivity index (χ4v) is 1.94. The summed E-state index contributed by atoms with van der Waals surface area (Å²) in [6.45, 7) is 1.85. The molecule has 5 nitrogen and oxygen atoms in total. The van der Waals surface area contributed by atoms with E-state index in [1.807, 2.05) is 0 Å². The molecule has 118 valence electrons. The Balaban J connectivity index is 3.13. The van der Waals surface area contributed by atoms with Crippen LogP contribution < -0.4 is 9.47 Å². The fraction of sp³-hybridized carbons (Fsp3) is 0.500. The van der Waals surface area contributed by atoms with Crippen LogP contribution in [0.5, 0.6) is 11.8 Å². The van der Waals surface area contributed by atoms with Gasteiger partial charge in [0.15, 0.2) is 0 Å². The summed E-state index contributed by atoms with van der Waals surface area (Å²) < 4.78 is 50.5. The molecule has 0 saturated heterocycles. The van der Waals surface area contributed by atoms with E-state index >= 15 is 0 Å². The predicted molar refractivity (Wildman–Crippen MR) is 70.4 cm³/mol. The maximum absolute atomic E-state index is 12.3. The van der Waals surface area contributed by atoms with E-state index in [9.17, 15) is 18.0 Å². The van der Waals surface area contributed by atoms with Crippen LogP contribution in [0.25, 0.3) is 0 Å². The lowest BCUT2D eigenvalue weighted by Gasteiger charge is -2.14. The maximum Gasteiger partial charge on any atom is 0.574 e. The Hall–Kier alpha value is -1.51. The van der Waals surface area contributed by atoms with Crippen molar-refractivity contribution in [3.05, 3.63) is 17.2 Å². The molecule has 1 aromatic rings. The van der Waals surface area contributed by atoms with Crippen LogP contribution in [0, 0.1) is 0 Å². The fourth-order valence-electron chi connectivity index (χ4n) is 1.53. The van der Waals surface area contributed by atoms with Gasteiger partial charge in [-0.1, -0.05) is 15.9 Å². The summed E-state index contributed by atoms with van der Waals surface area (Å²) >= 11 is 3.05. The molecule has 0 aromatic carbocycles. The zero-order valence-corrected chi connectivity index (χ0v) is 12.9. The second-order valence-corrected chi connectivity index (χ2v) is 4.35. The third-order valence-corrected chi connectivity index (χ3v) is 2.89. The lowest BCUT2D eigenvalue weighted by atomic mass is 10.1. The van der Waals surface area contributed by atoms with Crippen molar-refractivity contribution in [2.45, 2.75) is 25.0 Å². The summed E-state index contributed by atoms with van der Waals surface area (Å²) in [6, 6.07) is 1.36. The molecular formula is C12H13BrF3NO4. The number of rotatable bonds is 6. The highest BCUT2D eigenvalue weighted by Gasteiger charge is 2.33. The smallest absolute Gasteiger partial charge is 0.481 e. The van der Waals surface area contributed by atoms with Crippen molar-refractivity contribution in [3.63, 3.8) is 0 Å². The minimum absolute atomic E-state index is 0.0746. The monoisotopic (exact) mass is 371 g/mol. The molecule has 9 heteroatoms. The molecule has 1 heterocycles. The number of ether oxygens (including phenoxy) is 3. The second kappa shape index (κ2) is 7.48. The van der Waals surface area contributed by atoms with Gasteiger partial charge in [-0.05, 0) is 13.0 Å². The summed E-state index contributed by atoms with van der Waals surface area (Å²) in [5.74, 6) is -1.27. The standard InChI is InChI=1S/C12H13BrF3NO4/c1-3-20-9(18)5-7-4-8(6-13)11(17-10(7)19-2)21-12(14,15)16/h4H,3,5-6H2,1-2H3. The normalized spacial score (nSPS) is 11.1. The number of pyridine rings is 1. The minimum atomic E-state index is -4.86. The first kappa shape index (κ1) is 17.5. The number of aromatic nitrogens is 1. The number of esters is 1. The highest BCUT2D eigenvalue weighted by molar-refractivity contribution is 9.08. The highest BCUT2D eigenvalue weighted by Crippen LogP contribution is 2.31. The Bertz CT molecular complexity index is 508. The average Bonchev–Trinajstić information content (AvgIpc) is 2.38. The molecule has 0 aliphatic heterocycles. The van der Waals surface area contributed by atoms with E-state index in [1.165, 1.54) is 13.2 Å². The van der Waals surface area contributed by atoms with E-state index in [0.717, 1.165) is 0 Å². The molecule has 1 aromatic heterocycles. The zero-order chi connectivity index (χ0) is 16.0. The molecule has 0 saturated carbocycles. The molecule has 0 spiro atoms. The molecule has 0 atom stereocenters. The van der Waals surface area contributed by atoms with Crippen molar-refractivity contribution in [1.29, 1.82) is 0 Å². The lowest BCUT2D eigenvalue weighted by Crippen LogP contribution is -2.19. The molecular weight excluding hydrogens is 359 g/mol. The molecule has 1 rings (SSSR count). The maximum atomic E-state index is 12.3. The highest BCUT2D eigenvalue weighted by atomic mass is 79.9. The van der Waals surface area contributed by atoms with E-state index in [2.05, 4.69) is 25.7 Å². The van der Waals surface area contributed by atoms with Gasteiger partial charge in [0.05, 0.1) is 20.1 Å². The largest absolute Gasteiger partial charge is 0.574 e. The molecule has 21 heavy (non-hydrogen) atoms. The number of alkyl halides is 4. The Morgan fingerprint density at radius 1 is 1.33 bits per heavy atom. The van der Waals surface area contributed by atoms with Crippen LogP contribution in [-0.4, -0.2) is 31.0 Å². The number of halogens is 4. The van der Waals surface area contributed by atoms with Crippen LogP contribution in [0.1, 0.15) is 18.1 Å². The minimum Gasteiger partial charge on any atom is -0.481 e. The van der Waals surface area contributed by atoms with Crippen molar-refractivity contribution >= 4 is 21.9 Å². The molecule has 0 amide bonds. The number of carbonyl (C=O) groups is 1. The molecule has 0 bridgehead atoms. The molecule has 0 aliphatic carbocycles. The van der Waals surface area contributed by atoms with Crippen LogP contribution >= 0.6 is 15.9 Å². The molecule has 0 fully saturated rings. The third-order valence-electron chi connectivity index (χ3n) is 2.29. The van der Waals surface area contributed by atoms with Gasteiger partial charge in [-0.15, -0.1) is 13.2 Å². The number of hydrogen-bond acceptors (Lipinski definition) is 5. The van der Waals surface area contributed by atoms with Gasteiger partial charge in [0, 0.05) is 16.5 Å². The van der Waals surface area contributed by atoms with Gasteiger partial charge in [-0.25, -0.2) is 0 Å². The van der Waals surface area contributed by atoms with Crippen molar-refractivity contribution in [2.75, 3.05) is 13.7 Å². The molecule has 0 radical (unpaired) electrons. The van der Waals surface area contributed by atoms with E-state index in [-0.39, 0.29) is 29.8 Å². The Kier molecular flexibility index (Phi) is 6.25. The van der Waals surface area contributed by atoms with Gasteiger partial charge in [-0.2, -0.15) is 4.98 Å². The Morgan fingerprint density at radius 2 is 2.00 bits per heavy atom. The van der Waals surface area contributed by atoms with Gasteiger partial charge in [-0.3, -0.25) is 4.79 Å². The summed E-state index contributed by atoms with van der Waals surface area (Å²) in [7, 11) is 1.24. The van der Waals surface area contributed by atoms with Crippen LogP contribution in [0.2, 0.25) is 0 Å². The third kappa shape index (κ3) is 5.41. The number of methoxy groups -OCH3 is 1. The van der Waals surface area contributed by atoms with E-state index in [0.29, 0.717) is 5.56 Å². The number of hydrogen-bond donors (Lipinski definition) is 0. The topological polar surface area (TPSA) is 57.7 Å². The molecule has 0 unspecified atom stereocenters. The van der Waals surface area contributed by atoms with E-state index in [1.54, 1.807) is 6.92 Å².